The van der Waals surface area contributed by atoms with Gasteiger partial charge in [-0.1, -0.05) is 33.6 Å². The average Bonchev–Trinajstić information content (AvgIpc) is 2.30. The van der Waals surface area contributed by atoms with Crippen molar-refractivity contribution in [3.63, 3.8) is 0 Å². The molecule has 1 nitrogen and oxygen atoms in total. The summed E-state index contributed by atoms with van der Waals surface area (Å²) >= 11 is 3.35. The zero-order chi connectivity index (χ0) is 14.2. The van der Waals surface area contributed by atoms with Gasteiger partial charge in [0, 0.05) is 10.0 Å². The highest BCUT2D eigenvalue weighted by Crippen LogP contribution is 2.25. The van der Waals surface area contributed by atoms with E-state index < -0.39 is 5.82 Å². The predicted molar refractivity (Wildman–Crippen MR) is 78.2 cm³/mol. The monoisotopic (exact) mass is 320 g/mol. The van der Waals surface area contributed by atoms with Gasteiger partial charge >= 0.3 is 0 Å². The third kappa shape index (κ3) is 2.76. The molecule has 2 aromatic carbocycles. The molecule has 0 amide bonds. The molecule has 0 radical (unpaired) electrons. The Bertz CT molecular complexity index is 639. The molecule has 2 aromatic rings. The zero-order valence-electron chi connectivity index (χ0n) is 11.1. The molecule has 0 bridgehead atoms. The van der Waals surface area contributed by atoms with E-state index >= 15 is 0 Å². The van der Waals surface area contributed by atoms with Crippen LogP contribution in [-0.2, 0) is 0 Å². The zero-order valence-corrected chi connectivity index (χ0v) is 12.6. The molecule has 2 rings (SSSR count). The Morgan fingerprint density at radius 2 is 1.74 bits per heavy atom. The minimum Gasteiger partial charge on any atom is -0.288 e. The van der Waals surface area contributed by atoms with Crippen molar-refractivity contribution in [2.24, 2.45) is 0 Å². The first-order valence-electron chi connectivity index (χ1n) is 5.97. The summed E-state index contributed by atoms with van der Waals surface area (Å²) in [5, 5.41) is 0. The molecule has 0 aliphatic carbocycles. The summed E-state index contributed by atoms with van der Waals surface area (Å²) in [5.41, 5.74) is 3.09. The fourth-order valence-corrected chi connectivity index (χ4v) is 2.58. The second-order valence-corrected chi connectivity index (χ2v) is 5.61. The van der Waals surface area contributed by atoms with E-state index in [1.54, 1.807) is 13.0 Å². The average molecular weight is 321 g/mol. The van der Waals surface area contributed by atoms with Crippen molar-refractivity contribution >= 4 is 21.7 Å². The predicted octanol–water partition coefficient (Wildman–Crippen LogP) is 4.74. The van der Waals surface area contributed by atoms with Crippen molar-refractivity contribution in [1.82, 2.24) is 0 Å². The van der Waals surface area contributed by atoms with Crippen molar-refractivity contribution in [2.45, 2.75) is 20.8 Å². The largest absolute Gasteiger partial charge is 0.288 e. The first kappa shape index (κ1) is 13.9. The van der Waals surface area contributed by atoms with Gasteiger partial charge < -0.3 is 0 Å². The van der Waals surface area contributed by atoms with E-state index in [1.165, 1.54) is 6.07 Å². The summed E-state index contributed by atoms with van der Waals surface area (Å²) in [7, 11) is 0. The lowest BCUT2D eigenvalue weighted by Gasteiger charge is -2.10. The van der Waals surface area contributed by atoms with Crippen LogP contribution in [0.5, 0.6) is 0 Å². The van der Waals surface area contributed by atoms with Crippen molar-refractivity contribution in [1.29, 1.82) is 0 Å². The van der Waals surface area contributed by atoms with Gasteiger partial charge in [-0.3, -0.25) is 4.79 Å². The highest BCUT2D eigenvalue weighted by Gasteiger charge is 2.19. The number of ketones is 1. The van der Waals surface area contributed by atoms with Gasteiger partial charge in [-0.15, -0.1) is 0 Å². The maximum absolute atomic E-state index is 14.0. The third-order valence-electron chi connectivity index (χ3n) is 3.03. The molecular weight excluding hydrogens is 307 g/mol. The van der Waals surface area contributed by atoms with Gasteiger partial charge in [0.15, 0.2) is 5.78 Å². The van der Waals surface area contributed by atoms with Crippen LogP contribution in [0.15, 0.2) is 34.8 Å². The van der Waals surface area contributed by atoms with Gasteiger partial charge in [0.1, 0.15) is 5.82 Å². The summed E-state index contributed by atoms with van der Waals surface area (Å²) in [6.45, 7) is 5.47. The normalized spacial score (nSPS) is 10.6. The molecule has 0 aliphatic rings. The quantitative estimate of drug-likeness (QED) is 0.730. The number of carbonyl (C=O) groups is 1. The van der Waals surface area contributed by atoms with Crippen LogP contribution >= 0.6 is 15.9 Å². The standard InChI is InChI=1S/C16H14BrFO/c1-9-4-5-13(17)12(7-9)16(19)15-11(3)6-10(2)8-14(15)18/h4-8H,1-3H3. The van der Waals surface area contributed by atoms with E-state index in [2.05, 4.69) is 15.9 Å². The van der Waals surface area contributed by atoms with E-state index in [0.29, 0.717) is 15.6 Å². The van der Waals surface area contributed by atoms with Gasteiger partial charge in [-0.2, -0.15) is 0 Å². The summed E-state index contributed by atoms with van der Waals surface area (Å²) in [4.78, 5) is 12.5. The van der Waals surface area contributed by atoms with Gasteiger partial charge in [0.2, 0.25) is 0 Å². The highest BCUT2D eigenvalue weighted by atomic mass is 79.9. The van der Waals surface area contributed by atoms with Gasteiger partial charge in [-0.05, 0) is 50.1 Å². The summed E-state index contributed by atoms with van der Waals surface area (Å²) in [6, 6.07) is 8.69. The summed E-state index contributed by atoms with van der Waals surface area (Å²) in [6.07, 6.45) is 0. The number of aryl methyl sites for hydroxylation is 3. The lowest BCUT2D eigenvalue weighted by Crippen LogP contribution is -2.08. The topological polar surface area (TPSA) is 17.1 Å². The minimum atomic E-state index is -0.462. The van der Waals surface area contributed by atoms with Crippen LogP contribution in [-0.4, -0.2) is 5.78 Å². The Hall–Kier alpha value is -1.48. The molecule has 0 saturated carbocycles. The fraction of sp³-hybridized carbons (Fsp3) is 0.188. The second kappa shape index (κ2) is 5.25. The fourth-order valence-electron chi connectivity index (χ4n) is 2.15. The highest BCUT2D eigenvalue weighted by molar-refractivity contribution is 9.10. The molecule has 0 heterocycles. The van der Waals surface area contributed by atoms with Gasteiger partial charge in [0.25, 0.3) is 0 Å². The molecule has 0 fully saturated rings. The van der Waals surface area contributed by atoms with E-state index in [-0.39, 0.29) is 11.3 Å². The molecule has 0 aromatic heterocycles. The first-order chi connectivity index (χ1) is 8.90. The molecule has 0 saturated heterocycles. The molecule has 0 spiro atoms. The van der Waals surface area contributed by atoms with Gasteiger partial charge in [-0.25, -0.2) is 4.39 Å². The Balaban J connectivity index is 2.59. The molecule has 0 unspecified atom stereocenters. The molecule has 19 heavy (non-hydrogen) atoms. The SMILES string of the molecule is Cc1cc(C)c(C(=O)c2cc(C)ccc2Br)c(F)c1. The molecule has 0 N–H and O–H groups in total. The maximum Gasteiger partial charge on any atom is 0.197 e. The van der Waals surface area contributed by atoms with Crippen molar-refractivity contribution < 1.29 is 9.18 Å². The van der Waals surface area contributed by atoms with Crippen LogP contribution in [0.3, 0.4) is 0 Å². The third-order valence-corrected chi connectivity index (χ3v) is 3.72. The van der Waals surface area contributed by atoms with Crippen molar-refractivity contribution in [2.75, 3.05) is 0 Å². The molecule has 0 atom stereocenters. The summed E-state index contributed by atoms with van der Waals surface area (Å²) in [5.74, 6) is -0.749. The van der Waals surface area contributed by atoms with E-state index in [0.717, 1.165) is 11.1 Å². The van der Waals surface area contributed by atoms with Crippen LogP contribution < -0.4 is 0 Å². The maximum atomic E-state index is 14.0. The van der Waals surface area contributed by atoms with Crippen LogP contribution in [0.2, 0.25) is 0 Å². The number of hydrogen-bond donors (Lipinski definition) is 0. The summed E-state index contributed by atoms with van der Waals surface area (Å²) < 4.78 is 14.7. The second-order valence-electron chi connectivity index (χ2n) is 4.75. The molecule has 0 aliphatic heterocycles. The van der Waals surface area contributed by atoms with Crippen LogP contribution in [0, 0.1) is 26.6 Å². The number of carbonyl (C=O) groups excluding carboxylic acids is 1. The Labute approximate surface area is 120 Å². The van der Waals surface area contributed by atoms with Crippen molar-refractivity contribution in [3.8, 4) is 0 Å². The molecule has 3 heteroatoms. The smallest absolute Gasteiger partial charge is 0.197 e. The Kier molecular flexibility index (Phi) is 3.85. The minimum absolute atomic E-state index is 0.150. The van der Waals surface area contributed by atoms with Crippen molar-refractivity contribution in [3.05, 3.63) is 68.4 Å². The molecule has 98 valence electrons. The Morgan fingerprint density at radius 1 is 1.05 bits per heavy atom. The number of benzene rings is 2. The number of rotatable bonds is 2. The van der Waals surface area contributed by atoms with E-state index in [1.807, 2.05) is 32.0 Å². The number of hydrogen-bond acceptors (Lipinski definition) is 1. The first-order valence-corrected chi connectivity index (χ1v) is 6.77. The lowest BCUT2D eigenvalue weighted by molar-refractivity contribution is 0.103. The van der Waals surface area contributed by atoms with Crippen LogP contribution in [0.1, 0.15) is 32.6 Å². The Morgan fingerprint density at radius 3 is 2.37 bits per heavy atom. The lowest BCUT2D eigenvalue weighted by atomic mass is 9.96. The molecular formula is C16H14BrFO. The van der Waals surface area contributed by atoms with Gasteiger partial charge in [0.05, 0.1) is 5.56 Å². The van der Waals surface area contributed by atoms with E-state index in [4.69, 9.17) is 0 Å². The van der Waals surface area contributed by atoms with E-state index in [9.17, 15) is 9.18 Å². The van der Waals surface area contributed by atoms with Crippen LogP contribution in [0.25, 0.3) is 0 Å². The van der Waals surface area contributed by atoms with Crippen LogP contribution in [0.4, 0.5) is 4.39 Å². The number of halogens is 2.